The first-order chi connectivity index (χ1) is 16.4. The Balaban J connectivity index is 1.49. The zero-order valence-electron chi connectivity index (χ0n) is 19.7. The number of hydrogen-bond acceptors (Lipinski definition) is 3. The Kier molecular flexibility index (Phi) is 4.77. The SMILES string of the molecule is CC(C)(C)Cc1ccc2c(n1)oc1ccc(-c3nc4ccccc4n3Cc3ccccc3)cc12. The molecule has 0 bridgehead atoms. The van der Waals surface area contributed by atoms with Crippen LogP contribution in [-0.2, 0) is 13.0 Å². The van der Waals surface area contributed by atoms with Crippen molar-refractivity contribution in [1.29, 1.82) is 0 Å². The van der Waals surface area contributed by atoms with Gasteiger partial charge in [0.25, 0.3) is 0 Å². The van der Waals surface area contributed by atoms with E-state index in [1.165, 1.54) is 5.56 Å². The molecule has 0 atom stereocenters. The van der Waals surface area contributed by atoms with Crippen LogP contribution in [0.5, 0.6) is 0 Å². The summed E-state index contributed by atoms with van der Waals surface area (Å²) in [4.78, 5) is 9.84. The lowest BCUT2D eigenvalue weighted by Crippen LogP contribution is -2.10. The van der Waals surface area contributed by atoms with Crippen molar-refractivity contribution in [2.24, 2.45) is 5.41 Å². The number of furan rings is 1. The molecule has 3 aromatic heterocycles. The van der Waals surface area contributed by atoms with Crippen LogP contribution in [0.25, 0.3) is 44.5 Å². The van der Waals surface area contributed by atoms with Crippen molar-refractivity contribution in [3.63, 3.8) is 0 Å². The van der Waals surface area contributed by atoms with E-state index < -0.39 is 0 Å². The topological polar surface area (TPSA) is 43.9 Å². The highest BCUT2D eigenvalue weighted by molar-refractivity contribution is 6.05. The second-order valence-corrected chi connectivity index (χ2v) is 10.2. The Hall–Kier alpha value is -3.92. The number of benzene rings is 3. The molecule has 34 heavy (non-hydrogen) atoms. The second-order valence-electron chi connectivity index (χ2n) is 10.2. The number of hydrogen-bond donors (Lipinski definition) is 0. The van der Waals surface area contributed by atoms with Crippen LogP contribution in [0.3, 0.4) is 0 Å². The summed E-state index contributed by atoms with van der Waals surface area (Å²) in [5.74, 6) is 0.957. The van der Waals surface area contributed by atoms with Gasteiger partial charge in [0.1, 0.15) is 11.4 Å². The van der Waals surface area contributed by atoms with E-state index in [1.54, 1.807) is 0 Å². The molecule has 0 amide bonds. The number of nitrogens with zero attached hydrogens (tertiary/aromatic N) is 3. The van der Waals surface area contributed by atoms with Gasteiger partial charge in [-0.15, -0.1) is 0 Å². The van der Waals surface area contributed by atoms with E-state index in [0.29, 0.717) is 5.71 Å². The Morgan fingerprint density at radius 3 is 2.41 bits per heavy atom. The monoisotopic (exact) mass is 445 g/mol. The highest BCUT2D eigenvalue weighted by Gasteiger charge is 2.17. The molecular weight excluding hydrogens is 418 g/mol. The summed E-state index contributed by atoms with van der Waals surface area (Å²) in [6, 6.07) is 29.5. The zero-order valence-corrected chi connectivity index (χ0v) is 19.7. The van der Waals surface area contributed by atoms with Crippen molar-refractivity contribution < 1.29 is 4.42 Å². The number of imidazole rings is 1. The highest BCUT2D eigenvalue weighted by atomic mass is 16.3. The molecule has 0 unspecified atom stereocenters. The average Bonchev–Trinajstić information content (AvgIpc) is 3.36. The van der Waals surface area contributed by atoms with Gasteiger partial charge in [-0.25, -0.2) is 9.97 Å². The molecule has 0 aliphatic heterocycles. The molecule has 4 heteroatoms. The number of para-hydroxylation sites is 2. The molecule has 3 aromatic carbocycles. The molecule has 3 heterocycles. The molecule has 0 saturated heterocycles. The minimum absolute atomic E-state index is 0.178. The fourth-order valence-electron chi connectivity index (χ4n) is 4.70. The molecule has 0 radical (unpaired) electrons. The predicted octanol–water partition coefficient (Wildman–Crippen LogP) is 7.63. The summed E-state index contributed by atoms with van der Waals surface area (Å²) >= 11 is 0. The largest absolute Gasteiger partial charge is 0.438 e. The summed E-state index contributed by atoms with van der Waals surface area (Å²) in [6.45, 7) is 7.44. The minimum Gasteiger partial charge on any atom is -0.438 e. The van der Waals surface area contributed by atoms with Crippen molar-refractivity contribution in [3.8, 4) is 11.4 Å². The van der Waals surface area contributed by atoms with E-state index >= 15 is 0 Å². The van der Waals surface area contributed by atoms with E-state index in [4.69, 9.17) is 14.4 Å². The van der Waals surface area contributed by atoms with E-state index in [2.05, 4.69) is 98.1 Å². The molecule has 0 spiro atoms. The second kappa shape index (κ2) is 7.84. The fraction of sp³-hybridized carbons (Fsp3) is 0.200. The van der Waals surface area contributed by atoms with E-state index in [0.717, 1.165) is 57.4 Å². The number of aromatic nitrogens is 3. The van der Waals surface area contributed by atoms with Crippen molar-refractivity contribution in [3.05, 3.63) is 96.2 Å². The van der Waals surface area contributed by atoms with Gasteiger partial charge in [0.05, 0.1) is 11.0 Å². The van der Waals surface area contributed by atoms with E-state index in [-0.39, 0.29) is 5.41 Å². The molecule has 6 rings (SSSR count). The van der Waals surface area contributed by atoms with Crippen LogP contribution in [0.1, 0.15) is 32.0 Å². The quantitative estimate of drug-likeness (QED) is 0.280. The van der Waals surface area contributed by atoms with Crippen molar-refractivity contribution in [1.82, 2.24) is 14.5 Å². The van der Waals surface area contributed by atoms with Gasteiger partial charge in [-0.3, -0.25) is 0 Å². The molecule has 0 saturated carbocycles. The highest BCUT2D eigenvalue weighted by Crippen LogP contribution is 2.33. The summed E-state index contributed by atoms with van der Waals surface area (Å²) < 4.78 is 8.44. The van der Waals surface area contributed by atoms with Gasteiger partial charge in [-0.05, 0) is 59.9 Å². The Morgan fingerprint density at radius 2 is 1.59 bits per heavy atom. The van der Waals surface area contributed by atoms with Gasteiger partial charge in [0.15, 0.2) is 0 Å². The van der Waals surface area contributed by atoms with Crippen molar-refractivity contribution in [2.75, 3.05) is 0 Å². The molecule has 0 aliphatic carbocycles. The molecule has 0 fully saturated rings. The standard InChI is InChI=1S/C30H27N3O/c1-30(2,3)18-22-14-15-23-24-17-21(13-16-27(24)34-29(23)31-22)28-32-25-11-7-8-12-26(25)33(28)19-20-9-5-4-6-10-20/h4-17H,18-19H2,1-3H3. The molecule has 168 valence electrons. The first-order valence-electron chi connectivity index (χ1n) is 11.8. The molecule has 6 aromatic rings. The normalized spacial score (nSPS) is 12.2. The third-order valence-electron chi connectivity index (χ3n) is 6.20. The summed E-state index contributed by atoms with van der Waals surface area (Å²) in [5.41, 5.74) is 7.24. The number of rotatable bonds is 4. The lowest BCUT2D eigenvalue weighted by Gasteiger charge is -2.16. The lowest BCUT2D eigenvalue weighted by atomic mass is 9.90. The van der Waals surface area contributed by atoms with Crippen LogP contribution in [-0.4, -0.2) is 14.5 Å². The van der Waals surface area contributed by atoms with Gasteiger partial charge in [-0.2, -0.15) is 0 Å². The first-order valence-corrected chi connectivity index (χ1v) is 11.8. The fourth-order valence-corrected chi connectivity index (χ4v) is 4.70. The summed E-state index contributed by atoms with van der Waals surface area (Å²) in [7, 11) is 0. The van der Waals surface area contributed by atoms with Crippen LogP contribution in [0, 0.1) is 5.41 Å². The van der Waals surface area contributed by atoms with Gasteiger partial charge in [0, 0.05) is 28.6 Å². The van der Waals surface area contributed by atoms with Crippen molar-refractivity contribution >= 4 is 33.1 Å². The summed E-state index contributed by atoms with van der Waals surface area (Å²) in [5, 5.41) is 2.11. The maximum absolute atomic E-state index is 6.14. The van der Waals surface area contributed by atoms with Crippen LogP contribution < -0.4 is 0 Å². The predicted molar refractivity (Wildman–Crippen MR) is 139 cm³/mol. The van der Waals surface area contributed by atoms with Crippen LogP contribution in [0.15, 0.2) is 89.3 Å². The Morgan fingerprint density at radius 1 is 0.794 bits per heavy atom. The van der Waals surface area contributed by atoms with Crippen LogP contribution >= 0.6 is 0 Å². The third kappa shape index (κ3) is 3.75. The maximum atomic E-state index is 6.14. The van der Waals surface area contributed by atoms with E-state index in [9.17, 15) is 0 Å². The first kappa shape index (κ1) is 20.7. The summed E-state index contributed by atoms with van der Waals surface area (Å²) in [6.07, 6.45) is 0.911. The smallest absolute Gasteiger partial charge is 0.227 e. The molecule has 4 nitrogen and oxygen atoms in total. The van der Waals surface area contributed by atoms with Gasteiger partial charge >= 0.3 is 0 Å². The van der Waals surface area contributed by atoms with Crippen LogP contribution in [0.2, 0.25) is 0 Å². The lowest BCUT2D eigenvalue weighted by molar-refractivity contribution is 0.406. The third-order valence-corrected chi connectivity index (χ3v) is 6.20. The molecular formula is C30H27N3O. The van der Waals surface area contributed by atoms with Gasteiger partial charge in [-0.1, -0.05) is 63.2 Å². The zero-order chi connectivity index (χ0) is 23.3. The number of pyridine rings is 1. The van der Waals surface area contributed by atoms with Gasteiger partial charge in [0.2, 0.25) is 5.71 Å². The maximum Gasteiger partial charge on any atom is 0.227 e. The van der Waals surface area contributed by atoms with Gasteiger partial charge < -0.3 is 8.98 Å². The number of fused-ring (bicyclic) bond motifs is 4. The van der Waals surface area contributed by atoms with Crippen LogP contribution in [0.4, 0.5) is 0 Å². The molecule has 0 aliphatic rings. The Bertz CT molecular complexity index is 1630. The minimum atomic E-state index is 0.178. The van der Waals surface area contributed by atoms with E-state index in [1.807, 2.05) is 12.1 Å². The Labute approximate surface area is 198 Å². The van der Waals surface area contributed by atoms with Crippen molar-refractivity contribution in [2.45, 2.75) is 33.7 Å². The average molecular weight is 446 g/mol. The molecule has 0 N–H and O–H groups in total.